The second-order valence-electron chi connectivity index (χ2n) is 6.09. The molecule has 6 nitrogen and oxygen atoms in total. The molecule has 2 rings (SSSR count). The molecule has 1 saturated heterocycles. The Balaban J connectivity index is 2.11. The summed E-state index contributed by atoms with van der Waals surface area (Å²) in [5.41, 5.74) is 0.294. The fourth-order valence-corrected chi connectivity index (χ4v) is 2.62. The van der Waals surface area contributed by atoms with Crippen molar-refractivity contribution in [3.8, 4) is 5.88 Å². The van der Waals surface area contributed by atoms with Crippen LogP contribution in [0.4, 0.5) is 5.95 Å². The minimum Gasteiger partial charge on any atom is -0.481 e. The summed E-state index contributed by atoms with van der Waals surface area (Å²) in [5, 5.41) is 6.18. The van der Waals surface area contributed by atoms with Crippen LogP contribution in [0, 0.1) is 18.3 Å². The van der Waals surface area contributed by atoms with Crippen LogP contribution >= 0.6 is 0 Å². The summed E-state index contributed by atoms with van der Waals surface area (Å²) in [6, 6.07) is 1.73. The molecule has 0 saturated carbocycles. The third kappa shape index (κ3) is 3.69. The fourth-order valence-electron chi connectivity index (χ4n) is 2.62. The fraction of sp³-hybridized carbons (Fsp3) is 0.667. The molecule has 0 radical (unpaired) electrons. The highest BCUT2D eigenvalue weighted by Gasteiger charge is 2.37. The highest BCUT2D eigenvalue weighted by Crippen LogP contribution is 2.32. The number of carbonyl (C=O) groups is 1. The predicted octanol–water partition coefficient (Wildman–Crippen LogP) is 1.76. The van der Waals surface area contributed by atoms with Gasteiger partial charge in [0.15, 0.2) is 0 Å². The van der Waals surface area contributed by atoms with Crippen LogP contribution in [0.1, 0.15) is 32.4 Å². The van der Waals surface area contributed by atoms with Crippen LogP contribution in [0.3, 0.4) is 0 Å². The Morgan fingerprint density at radius 2 is 2.24 bits per heavy atom. The van der Waals surface area contributed by atoms with E-state index in [2.05, 4.69) is 20.6 Å². The molecule has 0 bridgehead atoms. The normalized spacial score (nSPS) is 19.1. The van der Waals surface area contributed by atoms with Crippen molar-refractivity contribution in [2.75, 3.05) is 25.5 Å². The first kappa shape index (κ1) is 15.7. The molecule has 0 spiro atoms. The number of nitrogens with one attached hydrogen (secondary N) is 2. The van der Waals surface area contributed by atoms with Crippen molar-refractivity contribution in [1.29, 1.82) is 0 Å². The van der Waals surface area contributed by atoms with Crippen LogP contribution in [0.2, 0.25) is 0 Å². The first-order valence-corrected chi connectivity index (χ1v) is 7.35. The molecule has 0 aromatic carbocycles. The second-order valence-corrected chi connectivity index (χ2v) is 6.09. The number of anilines is 1. The Bertz CT molecular complexity index is 510. The number of nitrogens with zero attached hydrogens (tertiary/aromatic N) is 2. The molecule has 21 heavy (non-hydrogen) atoms. The van der Waals surface area contributed by atoms with Gasteiger partial charge in [0.1, 0.15) is 0 Å². The molecule has 1 aliphatic rings. The van der Waals surface area contributed by atoms with E-state index in [1.807, 2.05) is 20.8 Å². The quantitative estimate of drug-likeness (QED) is 0.884. The summed E-state index contributed by atoms with van der Waals surface area (Å²) in [7, 11) is 1.55. The molecule has 1 atom stereocenters. The number of aryl methyl sites for hydroxylation is 1. The topological polar surface area (TPSA) is 76.1 Å². The van der Waals surface area contributed by atoms with E-state index < -0.39 is 5.41 Å². The highest BCUT2D eigenvalue weighted by molar-refractivity contribution is 5.93. The molecule has 1 aromatic rings. The first-order valence-electron chi connectivity index (χ1n) is 7.35. The lowest BCUT2D eigenvalue weighted by Crippen LogP contribution is -2.45. The van der Waals surface area contributed by atoms with Crippen molar-refractivity contribution >= 4 is 11.9 Å². The number of rotatable bonds is 4. The average molecular weight is 292 g/mol. The number of carbonyl (C=O) groups excluding carboxylic acids is 1. The predicted molar refractivity (Wildman–Crippen MR) is 81.3 cm³/mol. The van der Waals surface area contributed by atoms with E-state index in [0.29, 0.717) is 17.7 Å². The monoisotopic (exact) mass is 292 g/mol. The summed E-state index contributed by atoms with van der Waals surface area (Å²) in [6.45, 7) is 7.71. The highest BCUT2D eigenvalue weighted by atomic mass is 16.5. The van der Waals surface area contributed by atoms with E-state index in [-0.39, 0.29) is 5.91 Å². The average Bonchev–Trinajstić information content (AvgIpc) is 2.47. The van der Waals surface area contributed by atoms with Gasteiger partial charge >= 0.3 is 0 Å². The molecule has 1 aromatic heterocycles. The first-order chi connectivity index (χ1) is 9.93. The number of methoxy groups -OCH3 is 1. The number of amides is 1. The van der Waals surface area contributed by atoms with Crippen LogP contribution < -0.4 is 15.4 Å². The maximum Gasteiger partial charge on any atom is 0.232 e. The molecule has 116 valence electrons. The second kappa shape index (κ2) is 6.39. The van der Waals surface area contributed by atoms with Crippen LogP contribution in [0.25, 0.3) is 0 Å². The number of ether oxygens (including phenoxy) is 1. The molecular weight excluding hydrogens is 268 g/mol. The number of aromatic nitrogens is 2. The Morgan fingerprint density at radius 1 is 1.48 bits per heavy atom. The van der Waals surface area contributed by atoms with E-state index in [1.165, 1.54) is 0 Å². The number of piperidine rings is 1. The van der Waals surface area contributed by atoms with Gasteiger partial charge in [-0.15, -0.1) is 0 Å². The maximum atomic E-state index is 12.6. The maximum absolute atomic E-state index is 12.6. The van der Waals surface area contributed by atoms with Gasteiger partial charge in [0.2, 0.25) is 17.7 Å². The zero-order chi connectivity index (χ0) is 15.5. The standard InChI is InChI=1S/C15H24N4O2/c1-10-8-12(21-4)18-14(17-10)19-13(20)15(2,3)11-6-5-7-16-9-11/h8,11,16H,5-7,9H2,1-4H3,(H,17,18,19,20). The third-order valence-electron chi connectivity index (χ3n) is 4.17. The van der Waals surface area contributed by atoms with Crippen LogP contribution in [-0.2, 0) is 4.79 Å². The lowest BCUT2D eigenvalue weighted by molar-refractivity contribution is -0.127. The van der Waals surface area contributed by atoms with Gasteiger partial charge in [-0.05, 0) is 38.8 Å². The van der Waals surface area contributed by atoms with E-state index in [0.717, 1.165) is 31.6 Å². The molecule has 2 heterocycles. The van der Waals surface area contributed by atoms with E-state index in [4.69, 9.17) is 4.74 Å². The molecule has 0 aliphatic carbocycles. The van der Waals surface area contributed by atoms with Gasteiger partial charge in [0.25, 0.3) is 0 Å². The van der Waals surface area contributed by atoms with Gasteiger partial charge in [-0.25, -0.2) is 4.98 Å². The Hall–Kier alpha value is -1.69. The largest absolute Gasteiger partial charge is 0.481 e. The lowest BCUT2D eigenvalue weighted by Gasteiger charge is -2.35. The van der Waals surface area contributed by atoms with Crippen molar-refractivity contribution in [1.82, 2.24) is 15.3 Å². The summed E-state index contributed by atoms with van der Waals surface area (Å²) in [4.78, 5) is 21.0. The third-order valence-corrected chi connectivity index (χ3v) is 4.17. The minimum absolute atomic E-state index is 0.0520. The van der Waals surface area contributed by atoms with Gasteiger partial charge in [-0.2, -0.15) is 4.98 Å². The van der Waals surface area contributed by atoms with Crippen LogP contribution in [0.15, 0.2) is 6.07 Å². The van der Waals surface area contributed by atoms with Crippen LogP contribution in [0.5, 0.6) is 5.88 Å². The number of hydrogen-bond acceptors (Lipinski definition) is 5. The Kier molecular flexibility index (Phi) is 4.77. The Morgan fingerprint density at radius 3 is 2.86 bits per heavy atom. The smallest absolute Gasteiger partial charge is 0.232 e. The van der Waals surface area contributed by atoms with Crippen molar-refractivity contribution in [3.63, 3.8) is 0 Å². The lowest BCUT2D eigenvalue weighted by atomic mass is 9.74. The van der Waals surface area contributed by atoms with E-state index >= 15 is 0 Å². The molecule has 1 aliphatic heterocycles. The van der Waals surface area contributed by atoms with E-state index in [9.17, 15) is 4.79 Å². The van der Waals surface area contributed by atoms with E-state index in [1.54, 1.807) is 13.2 Å². The molecular formula is C15H24N4O2. The zero-order valence-corrected chi connectivity index (χ0v) is 13.2. The van der Waals surface area contributed by atoms with Crippen LogP contribution in [-0.4, -0.2) is 36.1 Å². The van der Waals surface area contributed by atoms with Gasteiger partial charge in [-0.3, -0.25) is 10.1 Å². The minimum atomic E-state index is -0.465. The Labute approximate surface area is 125 Å². The van der Waals surface area contributed by atoms with Gasteiger partial charge in [-0.1, -0.05) is 13.8 Å². The molecule has 1 unspecified atom stereocenters. The zero-order valence-electron chi connectivity index (χ0n) is 13.2. The number of hydrogen-bond donors (Lipinski definition) is 2. The van der Waals surface area contributed by atoms with Gasteiger partial charge < -0.3 is 10.1 Å². The van der Waals surface area contributed by atoms with Crippen molar-refractivity contribution in [2.24, 2.45) is 11.3 Å². The molecule has 2 N–H and O–H groups in total. The van der Waals surface area contributed by atoms with Gasteiger partial charge in [0, 0.05) is 17.2 Å². The molecule has 1 fully saturated rings. The summed E-state index contributed by atoms with van der Waals surface area (Å²) >= 11 is 0. The summed E-state index contributed by atoms with van der Waals surface area (Å²) in [6.07, 6.45) is 2.17. The summed E-state index contributed by atoms with van der Waals surface area (Å²) in [5.74, 6) is 1.02. The van der Waals surface area contributed by atoms with Gasteiger partial charge in [0.05, 0.1) is 7.11 Å². The molecule has 6 heteroatoms. The SMILES string of the molecule is COc1cc(C)nc(NC(=O)C(C)(C)C2CCCNC2)n1. The van der Waals surface area contributed by atoms with Crippen molar-refractivity contribution in [2.45, 2.75) is 33.6 Å². The van der Waals surface area contributed by atoms with Crippen molar-refractivity contribution in [3.05, 3.63) is 11.8 Å². The molecule has 1 amide bonds. The summed E-state index contributed by atoms with van der Waals surface area (Å²) < 4.78 is 5.11. The van der Waals surface area contributed by atoms with Crippen molar-refractivity contribution < 1.29 is 9.53 Å².